The summed E-state index contributed by atoms with van der Waals surface area (Å²) in [4.78, 5) is 28.4. The largest absolute Gasteiger partial charge is 0.463 e. The zero-order chi connectivity index (χ0) is 21.4. The van der Waals surface area contributed by atoms with Crippen molar-refractivity contribution in [3.63, 3.8) is 0 Å². The number of hydrogen-bond donors (Lipinski definition) is 2. The van der Waals surface area contributed by atoms with Crippen LogP contribution in [0.1, 0.15) is 18.1 Å². The average molecular weight is 408 g/mol. The van der Waals surface area contributed by atoms with Crippen molar-refractivity contribution in [2.45, 2.75) is 13.3 Å². The number of rotatable bonds is 4. The molecule has 0 radical (unpaired) electrons. The van der Waals surface area contributed by atoms with Gasteiger partial charge in [-0.15, -0.1) is 0 Å². The Hall–Kier alpha value is -4.12. The highest BCUT2D eigenvalue weighted by Gasteiger charge is 2.09. The molecule has 0 saturated heterocycles. The third kappa shape index (κ3) is 3.40. The molecular formula is C26H20N2O3. The van der Waals surface area contributed by atoms with Crippen molar-refractivity contribution in [2.75, 3.05) is 5.32 Å². The molecular weight excluding hydrogens is 388 g/mol. The molecule has 0 aliphatic heterocycles. The van der Waals surface area contributed by atoms with Crippen LogP contribution in [0.5, 0.6) is 0 Å². The molecule has 1 amide bonds. The van der Waals surface area contributed by atoms with Gasteiger partial charge in [0.15, 0.2) is 5.43 Å². The molecule has 0 bridgehead atoms. The van der Waals surface area contributed by atoms with Gasteiger partial charge in [-0.25, -0.2) is 0 Å². The van der Waals surface area contributed by atoms with Crippen LogP contribution in [-0.2, 0) is 11.2 Å². The highest BCUT2D eigenvalue weighted by Crippen LogP contribution is 2.29. The lowest BCUT2D eigenvalue weighted by molar-refractivity contribution is -0.111. The molecule has 2 aromatic heterocycles. The quantitative estimate of drug-likeness (QED) is 0.378. The molecule has 5 nitrogen and oxygen atoms in total. The number of aryl methyl sites for hydroxylation is 1. The molecule has 0 aliphatic rings. The SMILES string of the molecule is CCc1cccc2c1[nH]c1cc(NC(=O)/C=C/c3coc4ccccc4c3=O)ccc12. The molecule has 0 atom stereocenters. The summed E-state index contributed by atoms with van der Waals surface area (Å²) in [5, 5.41) is 5.64. The van der Waals surface area contributed by atoms with Crippen LogP contribution >= 0.6 is 0 Å². The first-order valence-corrected chi connectivity index (χ1v) is 10.2. The van der Waals surface area contributed by atoms with Crippen LogP contribution in [0.4, 0.5) is 5.69 Å². The summed E-state index contributed by atoms with van der Waals surface area (Å²) in [6.45, 7) is 2.13. The molecule has 152 valence electrons. The van der Waals surface area contributed by atoms with E-state index >= 15 is 0 Å². The Bertz CT molecular complexity index is 1540. The number of carbonyl (C=O) groups excluding carboxylic acids is 1. The molecule has 2 N–H and O–H groups in total. The lowest BCUT2D eigenvalue weighted by Gasteiger charge is -2.02. The molecule has 0 aliphatic carbocycles. The average Bonchev–Trinajstić information content (AvgIpc) is 3.16. The number of amides is 1. The van der Waals surface area contributed by atoms with Gasteiger partial charge in [0, 0.05) is 33.6 Å². The first kappa shape index (κ1) is 18.9. The number of benzene rings is 3. The number of hydrogen-bond acceptors (Lipinski definition) is 3. The molecule has 5 aromatic rings. The number of H-pyrrole nitrogens is 1. The molecule has 31 heavy (non-hydrogen) atoms. The van der Waals surface area contributed by atoms with Crippen LogP contribution in [0.2, 0.25) is 0 Å². The molecule has 0 fully saturated rings. The van der Waals surface area contributed by atoms with E-state index in [9.17, 15) is 9.59 Å². The fourth-order valence-corrected chi connectivity index (χ4v) is 3.92. The Kier molecular flexibility index (Phi) is 4.64. The number of aromatic nitrogens is 1. The van der Waals surface area contributed by atoms with Crippen LogP contribution < -0.4 is 10.7 Å². The van der Waals surface area contributed by atoms with Crippen LogP contribution in [0, 0.1) is 0 Å². The normalized spacial score (nSPS) is 11.6. The van der Waals surface area contributed by atoms with E-state index < -0.39 is 0 Å². The standard InChI is InChI=1S/C26H20N2O3/c1-2-16-6-5-8-20-19-12-11-18(14-22(19)28-25(16)20)27-24(29)13-10-17-15-31-23-9-4-3-7-21(23)26(17)30/h3-15,28H,2H2,1H3,(H,27,29)/b13-10+. The van der Waals surface area contributed by atoms with Crippen molar-refractivity contribution in [2.24, 2.45) is 0 Å². The monoisotopic (exact) mass is 408 g/mol. The van der Waals surface area contributed by atoms with Gasteiger partial charge in [-0.1, -0.05) is 43.3 Å². The Morgan fingerprint density at radius 3 is 2.74 bits per heavy atom. The summed E-state index contributed by atoms with van der Waals surface area (Å²) in [7, 11) is 0. The Balaban J connectivity index is 1.41. The molecule has 2 heterocycles. The molecule has 5 rings (SSSR count). The number of anilines is 1. The maximum atomic E-state index is 12.5. The van der Waals surface area contributed by atoms with E-state index in [0.717, 1.165) is 22.8 Å². The van der Waals surface area contributed by atoms with E-state index in [2.05, 4.69) is 35.4 Å². The van der Waals surface area contributed by atoms with E-state index in [0.29, 0.717) is 22.2 Å². The van der Waals surface area contributed by atoms with Crippen LogP contribution in [0.3, 0.4) is 0 Å². The van der Waals surface area contributed by atoms with Gasteiger partial charge in [-0.05, 0) is 42.3 Å². The van der Waals surface area contributed by atoms with Gasteiger partial charge in [0.1, 0.15) is 11.8 Å². The summed E-state index contributed by atoms with van der Waals surface area (Å²) in [6.07, 6.45) is 5.13. The predicted octanol–water partition coefficient (Wildman–Crippen LogP) is 5.64. The summed E-state index contributed by atoms with van der Waals surface area (Å²) in [5.74, 6) is -0.322. The van der Waals surface area contributed by atoms with E-state index in [4.69, 9.17) is 4.42 Å². The van der Waals surface area contributed by atoms with Gasteiger partial charge >= 0.3 is 0 Å². The first-order chi connectivity index (χ1) is 15.1. The van der Waals surface area contributed by atoms with Crippen molar-refractivity contribution in [1.29, 1.82) is 0 Å². The maximum Gasteiger partial charge on any atom is 0.248 e. The van der Waals surface area contributed by atoms with E-state index in [1.165, 1.54) is 29.4 Å². The van der Waals surface area contributed by atoms with Gasteiger partial charge in [0.25, 0.3) is 0 Å². The fraction of sp³-hybridized carbons (Fsp3) is 0.0769. The van der Waals surface area contributed by atoms with Crippen LogP contribution in [0.25, 0.3) is 38.9 Å². The third-order valence-electron chi connectivity index (χ3n) is 5.49. The highest BCUT2D eigenvalue weighted by atomic mass is 16.3. The Labute approximate surface area is 178 Å². The molecule has 0 spiro atoms. The zero-order valence-corrected chi connectivity index (χ0v) is 16.9. The van der Waals surface area contributed by atoms with Crippen molar-refractivity contribution in [3.8, 4) is 0 Å². The number of nitrogens with one attached hydrogen (secondary N) is 2. The van der Waals surface area contributed by atoms with Gasteiger partial charge < -0.3 is 14.7 Å². The summed E-state index contributed by atoms with van der Waals surface area (Å²) in [6, 6.07) is 19.1. The second-order valence-electron chi connectivity index (χ2n) is 7.42. The van der Waals surface area contributed by atoms with E-state index in [1.54, 1.807) is 24.3 Å². The summed E-state index contributed by atoms with van der Waals surface area (Å²) >= 11 is 0. The second-order valence-corrected chi connectivity index (χ2v) is 7.42. The fourth-order valence-electron chi connectivity index (χ4n) is 3.92. The second kappa shape index (κ2) is 7.61. The maximum absolute atomic E-state index is 12.5. The van der Waals surface area contributed by atoms with Crippen molar-refractivity contribution in [3.05, 3.63) is 94.4 Å². The number of fused-ring (bicyclic) bond motifs is 4. The lowest BCUT2D eigenvalue weighted by atomic mass is 10.1. The Morgan fingerprint density at radius 2 is 1.87 bits per heavy atom. The zero-order valence-electron chi connectivity index (χ0n) is 16.9. The van der Waals surface area contributed by atoms with Crippen LogP contribution in [0.15, 0.2) is 82.2 Å². The summed E-state index contributed by atoms with van der Waals surface area (Å²) < 4.78 is 5.48. The van der Waals surface area contributed by atoms with E-state index in [-0.39, 0.29) is 11.3 Å². The minimum absolute atomic E-state index is 0.169. The number of para-hydroxylation sites is 2. The summed E-state index contributed by atoms with van der Waals surface area (Å²) in [5.41, 5.74) is 4.71. The van der Waals surface area contributed by atoms with Gasteiger partial charge in [0.05, 0.1) is 10.9 Å². The first-order valence-electron chi connectivity index (χ1n) is 10.2. The predicted molar refractivity (Wildman–Crippen MR) is 125 cm³/mol. The minimum atomic E-state index is -0.322. The third-order valence-corrected chi connectivity index (χ3v) is 5.49. The highest BCUT2D eigenvalue weighted by molar-refractivity contribution is 6.10. The van der Waals surface area contributed by atoms with Gasteiger partial charge in [0.2, 0.25) is 5.91 Å². The molecule has 0 saturated carbocycles. The van der Waals surface area contributed by atoms with Gasteiger partial charge in [-0.2, -0.15) is 0 Å². The number of carbonyl (C=O) groups is 1. The smallest absolute Gasteiger partial charge is 0.248 e. The molecule has 5 heteroatoms. The van der Waals surface area contributed by atoms with Gasteiger partial charge in [-0.3, -0.25) is 9.59 Å². The van der Waals surface area contributed by atoms with Crippen molar-refractivity contribution >= 4 is 50.4 Å². The topological polar surface area (TPSA) is 75.1 Å². The van der Waals surface area contributed by atoms with Crippen molar-refractivity contribution in [1.82, 2.24) is 4.98 Å². The number of aromatic amines is 1. The van der Waals surface area contributed by atoms with E-state index in [1.807, 2.05) is 18.2 Å². The van der Waals surface area contributed by atoms with Crippen molar-refractivity contribution < 1.29 is 9.21 Å². The lowest BCUT2D eigenvalue weighted by Crippen LogP contribution is -2.09. The molecule has 3 aromatic carbocycles. The Morgan fingerprint density at radius 1 is 1.03 bits per heavy atom. The van der Waals surface area contributed by atoms with Crippen LogP contribution in [-0.4, -0.2) is 10.9 Å². The molecule has 0 unspecified atom stereocenters. The minimum Gasteiger partial charge on any atom is -0.463 e.